The van der Waals surface area contributed by atoms with Crippen molar-refractivity contribution in [1.29, 1.82) is 0 Å². The molecule has 0 radical (unpaired) electrons. The van der Waals surface area contributed by atoms with E-state index in [1.807, 2.05) is 13.0 Å². The van der Waals surface area contributed by atoms with Gasteiger partial charge in [-0.1, -0.05) is 25.1 Å². The zero-order chi connectivity index (χ0) is 17.0. The van der Waals surface area contributed by atoms with Crippen molar-refractivity contribution in [3.05, 3.63) is 53.8 Å². The number of aromatic hydroxyl groups is 1. The fourth-order valence-corrected chi connectivity index (χ4v) is 3.23. The van der Waals surface area contributed by atoms with Crippen molar-refractivity contribution < 1.29 is 24.6 Å². The van der Waals surface area contributed by atoms with Gasteiger partial charge in [0, 0.05) is 0 Å². The smallest absolute Gasteiger partial charge is 0.448 e. The van der Waals surface area contributed by atoms with Crippen LogP contribution in [0.1, 0.15) is 31.2 Å². The highest BCUT2D eigenvalue weighted by Crippen LogP contribution is 2.40. The van der Waals surface area contributed by atoms with E-state index < -0.39 is 13.7 Å². The Morgan fingerprint density at radius 2 is 2.04 bits per heavy atom. The molecule has 0 saturated carbocycles. The van der Waals surface area contributed by atoms with Crippen LogP contribution < -0.4 is 0 Å². The lowest BCUT2D eigenvalue weighted by Gasteiger charge is -2.24. The lowest BCUT2D eigenvalue weighted by molar-refractivity contribution is 0.344. The van der Waals surface area contributed by atoms with Crippen molar-refractivity contribution in [1.82, 2.24) is 0 Å². The third-order valence-electron chi connectivity index (χ3n) is 3.85. The van der Waals surface area contributed by atoms with Crippen LogP contribution in [0.3, 0.4) is 0 Å². The van der Waals surface area contributed by atoms with Gasteiger partial charge in [0.05, 0.1) is 11.6 Å². The summed E-state index contributed by atoms with van der Waals surface area (Å²) in [6, 6.07) is 6.87. The van der Waals surface area contributed by atoms with E-state index >= 15 is 0 Å². The Morgan fingerprint density at radius 3 is 2.65 bits per heavy atom. The first-order valence-electron chi connectivity index (χ1n) is 7.32. The number of benzene rings is 1. The summed E-state index contributed by atoms with van der Waals surface area (Å²) in [5.74, 6) is -0.386. The van der Waals surface area contributed by atoms with Crippen LogP contribution >= 0.6 is 7.75 Å². The van der Waals surface area contributed by atoms with E-state index in [0.717, 1.165) is 12.0 Å². The molecule has 1 aliphatic carbocycles. The number of hydrogen-bond acceptors (Lipinski definition) is 3. The van der Waals surface area contributed by atoms with E-state index in [4.69, 9.17) is 9.79 Å². The van der Waals surface area contributed by atoms with E-state index in [9.17, 15) is 14.8 Å². The molecule has 0 heterocycles. The topological polar surface area (TPSA) is 110 Å². The van der Waals surface area contributed by atoms with Gasteiger partial charge in [-0.15, -0.1) is 0 Å². The van der Waals surface area contributed by atoms with Crippen LogP contribution in [0.4, 0.5) is 0 Å². The second-order valence-electron chi connectivity index (χ2n) is 5.48. The average molecular weight is 337 g/mol. The van der Waals surface area contributed by atoms with Gasteiger partial charge >= 0.3 is 7.75 Å². The zero-order valence-corrected chi connectivity index (χ0v) is 13.6. The summed E-state index contributed by atoms with van der Waals surface area (Å²) in [5.41, 5.74) is 1.07. The van der Waals surface area contributed by atoms with Crippen molar-refractivity contribution in [3.8, 4) is 5.75 Å². The maximum Gasteiger partial charge on any atom is 0.448 e. The van der Waals surface area contributed by atoms with Crippen molar-refractivity contribution in [2.75, 3.05) is 0 Å². The number of phenols is 1. The third-order valence-corrected chi connectivity index (χ3v) is 4.34. The molecule has 23 heavy (non-hydrogen) atoms. The number of phenolic OH excluding ortho intramolecular Hbond substituents is 1. The van der Waals surface area contributed by atoms with Crippen LogP contribution in [0.15, 0.2) is 53.0 Å². The van der Waals surface area contributed by atoms with Gasteiger partial charge in [-0.05, 0) is 48.6 Å². The summed E-state index contributed by atoms with van der Waals surface area (Å²) in [7, 11) is -4.57. The van der Waals surface area contributed by atoms with E-state index in [-0.39, 0.29) is 23.1 Å². The Labute approximate surface area is 134 Å². The van der Waals surface area contributed by atoms with Gasteiger partial charge in [0.15, 0.2) is 0 Å². The SMILES string of the molecule is CCC(CC1C(O)=CC=C/C1=N\P(=O)(O)O)c1cccc(O)c1. The molecule has 0 fully saturated rings. The highest BCUT2D eigenvalue weighted by molar-refractivity contribution is 7.50. The van der Waals surface area contributed by atoms with E-state index in [2.05, 4.69) is 4.76 Å². The average Bonchev–Trinajstić information content (AvgIpc) is 2.45. The molecule has 6 nitrogen and oxygen atoms in total. The predicted octanol–water partition coefficient (Wildman–Crippen LogP) is 3.44. The Bertz CT molecular complexity index is 704. The van der Waals surface area contributed by atoms with E-state index in [1.165, 1.54) is 18.2 Å². The number of rotatable bonds is 5. The maximum atomic E-state index is 11.2. The molecular formula is C16H20NO5P. The number of aliphatic hydroxyl groups is 1. The number of aliphatic hydroxyl groups excluding tert-OH is 1. The van der Waals surface area contributed by atoms with Gasteiger partial charge in [0.25, 0.3) is 0 Å². The number of nitrogens with zero attached hydrogens (tertiary/aromatic N) is 1. The summed E-state index contributed by atoms with van der Waals surface area (Å²) in [6.07, 6.45) is 5.69. The standard InChI is InChI=1S/C16H20NO5P/c1-2-11(12-5-3-6-13(18)9-12)10-14-15(17-23(20,21)22)7-4-8-16(14)19/h3-9,11,14,18-19H,2,10H2,1H3,(H2,20,21,22)/b17-15+. The first kappa shape index (κ1) is 17.5. The Kier molecular flexibility index (Phi) is 5.42. The van der Waals surface area contributed by atoms with Gasteiger partial charge in [0.1, 0.15) is 11.5 Å². The van der Waals surface area contributed by atoms with E-state index in [0.29, 0.717) is 6.42 Å². The van der Waals surface area contributed by atoms with Crippen LogP contribution in [0, 0.1) is 5.92 Å². The highest BCUT2D eigenvalue weighted by Gasteiger charge is 2.27. The summed E-state index contributed by atoms with van der Waals surface area (Å²) in [5, 5.41) is 19.7. The minimum Gasteiger partial charge on any atom is -0.512 e. The molecule has 4 N–H and O–H groups in total. The van der Waals surface area contributed by atoms with Crippen LogP contribution in [0.25, 0.3) is 0 Å². The lowest BCUT2D eigenvalue weighted by atomic mass is 9.82. The Balaban J connectivity index is 2.30. The molecule has 0 spiro atoms. The van der Waals surface area contributed by atoms with Crippen LogP contribution in [-0.2, 0) is 4.57 Å². The molecule has 0 amide bonds. The normalized spacial score (nSPS) is 21.3. The summed E-state index contributed by atoms with van der Waals surface area (Å²) < 4.78 is 14.6. The van der Waals surface area contributed by atoms with Crippen LogP contribution in [0.2, 0.25) is 0 Å². The molecule has 0 saturated heterocycles. The molecule has 124 valence electrons. The molecule has 0 aromatic heterocycles. The second kappa shape index (κ2) is 7.13. The van der Waals surface area contributed by atoms with Gasteiger partial charge in [-0.25, -0.2) is 4.57 Å². The van der Waals surface area contributed by atoms with Gasteiger partial charge < -0.3 is 20.0 Å². The van der Waals surface area contributed by atoms with Gasteiger partial charge in [0.2, 0.25) is 0 Å². The summed E-state index contributed by atoms with van der Waals surface area (Å²) in [6.45, 7) is 1.98. The first-order valence-corrected chi connectivity index (χ1v) is 8.88. The van der Waals surface area contributed by atoms with Crippen LogP contribution in [-0.4, -0.2) is 25.7 Å². The molecule has 1 aromatic carbocycles. The minimum atomic E-state index is -4.57. The van der Waals surface area contributed by atoms with Crippen molar-refractivity contribution in [2.45, 2.75) is 25.7 Å². The second-order valence-corrected chi connectivity index (χ2v) is 6.70. The minimum absolute atomic E-state index is 0.0103. The molecule has 0 aliphatic heterocycles. The Morgan fingerprint density at radius 1 is 1.30 bits per heavy atom. The van der Waals surface area contributed by atoms with Gasteiger partial charge in [-0.3, -0.25) is 0 Å². The molecule has 1 aromatic rings. The molecule has 2 unspecified atom stereocenters. The third kappa shape index (κ3) is 4.79. The van der Waals surface area contributed by atoms with Gasteiger partial charge in [-0.2, -0.15) is 4.76 Å². The predicted molar refractivity (Wildman–Crippen MR) is 88.6 cm³/mol. The zero-order valence-electron chi connectivity index (χ0n) is 12.7. The monoisotopic (exact) mass is 337 g/mol. The number of hydrogen-bond donors (Lipinski definition) is 4. The molecule has 0 bridgehead atoms. The molecular weight excluding hydrogens is 317 g/mol. The lowest BCUT2D eigenvalue weighted by Crippen LogP contribution is -2.20. The largest absolute Gasteiger partial charge is 0.512 e. The molecule has 2 rings (SSSR count). The van der Waals surface area contributed by atoms with Crippen molar-refractivity contribution >= 4 is 13.5 Å². The van der Waals surface area contributed by atoms with Crippen molar-refractivity contribution in [3.63, 3.8) is 0 Å². The van der Waals surface area contributed by atoms with Crippen LogP contribution in [0.5, 0.6) is 5.75 Å². The highest BCUT2D eigenvalue weighted by atomic mass is 31.2. The first-order chi connectivity index (χ1) is 10.8. The quantitative estimate of drug-likeness (QED) is 0.615. The van der Waals surface area contributed by atoms with E-state index in [1.54, 1.807) is 18.2 Å². The Hall–Kier alpha value is -1.88. The number of allylic oxidation sites excluding steroid dienone is 4. The summed E-state index contributed by atoms with van der Waals surface area (Å²) in [4.78, 5) is 18.1. The van der Waals surface area contributed by atoms with Crippen molar-refractivity contribution in [2.24, 2.45) is 10.7 Å². The fourth-order valence-electron chi connectivity index (χ4n) is 2.73. The molecule has 1 aliphatic rings. The molecule has 2 atom stereocenters. The maximum absolute atomic E-state index is 11.2. The molecule has 7 heteroatoms. The fraction of sp³-hybridized carbons (Fsp3) is 0.312. The summed E-state index contributed by atoms with van der Waals surface area (Å²) >= 11 is 0.